The average Bonchev–Trinajstić information content (AvgIpc) is 2.85. The molecule has 0 saturated carbocycles. The van der Waals surface area contributed by atoms with E-state index in [0.717, 1.165) is 16.7 Å². The molecule has 1 saturated heterocycles. The van der Waals surface area contributed by atoms with Crippen LogP contribution in [0.5, 0.6) is 0 Å². The first-order valence-electron chi connectivity index (χ1n) is 11.1. The van der Waals surface area contributed by atoms with Crippen LogP contribution >= 0.6 is 11.6 Å². The van der Waals surface area contributed by atoms with Crippen LogP contribution in [0.3, 0.4) is 0 Å². The van der Waals surface area contributed by atoms with Crippen LogP contribution in [-0.4, -0.2) is 41.7 Å². The zero-order valence-electron chi connectivity index (χ0n) is 18.3. The number of aliphatic hydroxyl groups is 1. The lowest BCUT2D eigenvalue weighted by Crippen LogP contribution is -2.58. The molecule has 5 nitrogen and oxygen atoms in total. The highest BCUT2D eigenvalue weighted by Crippen LogP contribution is 2.29. The summed E-state index contributed by atoms with van der Waals surface area (Å²) in [5.74, 6) is 0. The van der Waals surface area contributed by atoms with E-state index in [4.69, 9.17) is 30.5 Å². The van der Waals surface area contributed by atoms with Crippen LogP contribution < -0.4 is 0 Å². The van der Waals surface area contributed by atoms with Crippen molar-refractivity contribution in [2.75, 3.05) is 6.61 Å². The highest BCUT2D eigenvalue weighted by molar-refractivity contribution is 6.20. The standard InChI is InChI=1S/C27H29ClO5/c28-27-26(32-18-22-14-8-3-9-15-22)24(29)25(31-17-21-12-6-2-7-13-21)23(33-27)19-30-16-20-10-4-1-5-11-20/h1-15,23-27,29H,16-19H2/t23-,24+,25-,26+,27+/m1/s1. The van der Waals surface area contributed by atoms with Crippen molar-refractivity contribution in [1.82, 2.24) is 0 Å². The Labute approximate surface area is 199 Å². The maximum Gasteiger partial charge on any atom is 0.160 e. The molecule has 33 heavy (non-hydrogen) atoms. The molecule has 0 bridgehead atoms. The number of alkyl halides is 1. The Hall–Kier alpha value is -2.25. The SMILES string of the molecule is O[C@@H]1[C@H](OCc2ccccc2)[C@@H](Cl)O[C@H](COCc2ccccc2)[C@H]1OCc1ccccc1. The van der Waals surface area contributed by atoms with Gasteiger partial charge in [-0.05, 0) is 16.7 Å². The number of ether oxygens (including phenoxy) is 4. The first-order chi connectivity index (χ1) is 16.2. The highest BCUT2D eigenvalue weighted by Gasteiger charge is 2.46. The van der Waals surface area contributed by atoms with Gasteiger partial charge in [-0.3, -0.25) is 0 Å². The Morgan fingerprint density at radius 1 is 0.667 bits per heavy atom. The van der Waals surface area contributed by atoms with Crippen molar-refractivity contribution in [3.63, 3.8) is 0 Å². The first-order valence-corrected chi connectivity index (χ1v) is 11.5. The van der Waals surface area contributed by atoms with Crippen molar-refractivity contribution in [3.8, 4) is 0 Å². The van der Waals surface area contributed by atoms with Crippen LogP contribution in [0.4, 0.5) is 0 Å². The van der Waals surface area contributed by atoms with Crippen LogP contribution in [0.2, 0.25) is 0 Å². The van der Waals surface area contributed by atoms with Crippen molar-refractivity contribution in [1.29, 1.82) is 0 Å². The summed E-state index contributed by atoms with van der Waals surface area (Å²) in [5.41, 5.74) is 2.22. The molecule has 0 radical (unpaired) electrons. The summed E-state index contributed by atoms with van der Waals surface area (Å²) in [4.78, 5) is 0. The molecular formula is C27H29ClO5. The highest BCUT2D eigenvalue weighted by atomic mass is 35.5. The third-order valence-corrected chi connectivity index (χ3v) is 5.92. The predicted molar refractivity (Wildman–Crippen MR) is 127 cm³/mol. The molecule has 0 aromatic heterocycles. The van der Waals surface area contributed by atoms with Gasteiger partial charge in [0.15, 0.2) is 5.56 Å². The normalized spacial score (nSPS) is 25.1. The molecule has 1 N–H and O–H groups in total. The molecule has 6 heteroatoms. The van der Waals surface area contributed by atoms with Gasteiger partial charge in [0, 0.05) is 0 Å². The van der Waals surface area contributed by atoms with Gasteiger partial charge < -0.3 is 24.1 Å². The lowest BCUT2D eigenvalue weighted by Gasteiger charge is -2.42. The van der Waals surface area contributed by atoms with Gasteiger partial charge >= 0.3 is 0 Å². The van der Waals surface area contributed by atoms with E-state index in [2.05, 4.69) is 0 Å². The van der Waals surface area contributed by atoms with Crippen molar-refractivity contribution >= 4 is 11.6 Å². The molecule has 3 aromatic rings. The first kappa shape index (κ1) is 23.9. The molecule has 5 atom stereocenters. The second-order valence-electron chi connectivity index (χ2n) is 8.04. The van der Waals surface area contributed by atoms with Crippen molar-refractivity contribution in [2.24, 2.45) is 0 Å². The summed E-state index contributed by atoms with van der Waals surface area (Å²) in [5, 5.41) is 11.2. The monoisotopic (exact) mass is 468 g/mol. The molecule has 1 aliphatic heterocycles. The lowest BCUT2D eigenvalue weighted by atomic mass is 9.99. The fraction of sp³-hybridized carbons (Fsp3) is 0.333. The summed E-state index contributed by atoms with van der Waals surface area (Å²) in [7, 11) is 0. The van der Waals surface area contributed by atoms with Crippen LogP contribution in [-0.2, 0) is 38.8 Å². The Morgan fingerprint density at radius 2 is 1.12 bits per heavy atom. The van der Waals surface area contributed by atoms with Crippen LogP contribution in [0.1, 0.15) is 16.7 Å². The summed E-state index contributed by atoms with van der Waals surface area (Å²) in [6, 6.07) is 29.5. The third-order valence-electron chi connectivity index (χ3n) is 5.57. The Kier molecular flexibility index (Phi) is 8.89. The van der Waals surface area contributed by atoms with E-state index in [1.165, 1.54) is 0 Å². The van der Waals surface area contributed by atoms with Gasteiger partial charge in [-0.1, -0.05) is 103 Å². The predicted octanol–water partition coefficient (Wildman–Crippen LogP) is 4.70. The van der Waals surface area contributed by atoms with E-state index in [-0.39, 0.29) is 6.61 Å². The quantitative estimate of drug-likeness (QED) is 0.437. The summed E-state index contributed by atoms with van der Waals surface area (Å²) in [6.45, 7) is 1.32. The summed E-state index contributed by atoms with van der Waals surface area (Å²) >= 11 is 6.50. The number of halogens is 1. The minimum Gasteiger partial charge on any atom is -0.387 e. The van der Waals surface area contributed by atoms with Gasteiger partial charge in [-0.25, -0.2) is 0 Å². The smallest absolute Gasteiger partial charge is 0.160 e. The van der Waals surface area contributed by atoms with Gasteiger partial charge in [0.25, 0.3) is 0 Å². The molecule has 0 amide bonds. The second kappa shape index (κ2) is 12.3. The number of hydrogen-bond donors (Lipinski definition) is 1. The molecule has 1 heterocycles. The summed E-state index contributed by atoms with van der Waals surface area (Å²) in [6.07, 6.45) is -2.90. The molecule has 0 aliphatic carbocycles. The molecule has 4 rings (SSSR count). The lowest BCUT2D eigenvalue weighted by molar-refractivity contribution is -0.242. The maximum atomic E-state index is 11.2. The fourth-order valence-electron chi connectivity index (χ4n) is 3.80. The van der Waals surface area contributed by atoms with Gasteiger partial charge in [0.1, 0.15) is 24.4 Å². The van der Waals surface area contributed by atoms with Crippen LogP contribution in [0.25, 0.3) is 0 Å². The number of rotatable bonds is 10. The van der Waals surface area contributed by atoms with Crippen molar-refractivity contribution in [3.05, 3.63) is 108 Å². The van der Waals surface area contributed by atoms with Crippen LogP contribution in [0.15, 0.2) is 91.0 Å². The Balaban J connectivity index is 1.41. The van der Waals surface area contributed by atoms with Gasteiger partial charge in [0.2, 0.25) is 0 Å². The number of benzene rings is 3. The molecule has 1 aliphatic rings. The second-order valence-corrected chi connectivity index (χ2v) is 8.47. The van der Waals surface area contributed by atoms with E-state index in [1.807, 2.05) is 91.0 Å². The van der Waals surface area contributed by atoms with E-state index < -0.39 is 30.0 Å². The van der Waals surface area contributed by atoms with Crippen molar-refractivity contribution < 1.29 is 24.1 Å². The Morgan fingerprint density at radius 3 is 1.64 bits per heavy atom. The molecule has 0 spiro atoms. The third kappa shape index (κ3) is 6.87. The number of aliphatic hydroxyl groups excluding tert-OH is 1. The molecule has 174 valence electrons. The van der Waals surface area contributed by atoms with E-state index in [9.17, 15) is 5.11 Å². The van der Waals surface area contributed by atoms with Gasteiger partial charge in [0.05, 0.1) is 26.4 Å². The minimum atomic E-state index is -0.973. The van der Waals surface area contributed by atoms with E-state index in [0.29, 0.717) is 19.8 Å². The minimum absolute atomic E-state index is 0.236. The summed E-state index contributed by atoms with van der Waals surface area (Å²) < 4.78 is 24.0. The van der Waals surface area contributed by atoms with E-state index >= 15 is 0 Å². The van der Waals surface area contributed by atoms with Crippen molar-refractivity contribution in [2.45, 2.75) is 49.8 Å². The van der Waals surface area contributed by atoms with Gasteiger partial charge in [-0.2, -0.15) is 0 Å². The van der Waals surface area contributed by atoms with Gasteiger partial charge in [-0.15, -0.1) is 0 Å². The number of hydrogen-bond acceptors (Lipinski definition) is 5. The van der Waals surface area contributed by atoms with Crippen LogP contribution in [0, 0.1) is 0 Å². The fourth-order valence-corrected chi connectivity index (χ4v) is 4.15. The topological polar surface area (TPSA) is 57.2 Å². The molecule has 0 unspecified atom stereocenters. The maximum absolute atomic E-state index is 11.2. The Bertz CT molecular complexity index is 939. The zero-order chi connectivity index (χ0) is 22.9. The average molecular weight is 469 g/mol. The molecule has 3 aromatic carbocycles. The molecule has 1 fully saturated rings. The van der Waals surface area contributed by atoms with E-state index in [1.54, 1.807) is 0 Å². The molecular weight excluding hydrogens is 440 g/mol. The zero-order valence-corrected chi connectivity index (χ0v) is 19.1. The largest absolute Gasteiger partial charge is 0.387 e.